The Morgan fingerprint density at radius 2 is 1.47 bits per heavy atom. The Morgan fingerprint density at radius 3 is 1.88 bits per heavy atom. The van der Waals surface area contributed by atoms with Gasteiger partial charge in [-0.2, -0.15) is 15.0 Å². The Bertz CT molecular complexity index is 337. The highest BCUT2D eigenvalue weighted by Crippen LogP contribution is 2.11. The van der Waals surface area contributed by atoms with Crippen molar-refractivity contribution in [2.45, 2.75) is 0 Å². The van der Waals surface area contributed by atoms with E-state index in [1.807, 2.05) is 0 Å². The molecular formula is C7H16N10. The molecule has 0 atom stereocenters. The molecule has 0 aliphatic rings. The number of hydrogen-bond donors (Lipinski definition) is 5. The molecule has 1 heterocycles. The van der Waals surface area contributed by atoms with E-state index in [2.05, 4.69) is 35.9 Å². The normalized spacial score (nSPS) is 10.7. The summed E-state index contributed by atoms with van der Waals surface area (Å²) < 4.78 is 0. The third kappa shape index (κ3) is 4.53. The number of hydrogen-bond acceptors (Lipinski definition) is 9. The number of nitrogens with two attached hydrogens (primary N) is 3. The average molecular weight is 240 g/mol. The van der Waals surface area contributed by atoms with Crippen molar-refractivity contribution in [3.63, 3.8) is 0 Å². The van der Waals surface area contributed by atoms with Crippen LogP contribution >= 0.6 is 0 Å². The van der Waals surface area contributed by atoms with Crippen LogP contribution in [-0.2, 0) is 0 Å². The smallest absolute Gasteiger partial charge is 0.277 e. The summed E-state index contributed by atoms with van der Waals surface area (Å²) in [5.74, 6) is 5.76. The topological polar surface area (TPSA) is 166 Å². The maximum atomic E-state index is 5.36. The highest BCUT2D eigenvalue weighted by atomic mass is 15.4. The summed E-state index contributed by atoms with van der Waals surface area (Å²) in [5, 5.41) is 12.5. The van der Waals surface area contributed by atoms with E-state index in [9.17, 15) is 0 Å². The van der Waals surface area contributed by atoms with Crippen LogP contribution in [0.5, 0.6) is 0 Å². The first kappa shape index (κ1) is 13.0. The molecule has 8 N–H and O–H groups in total. The van der Waals surface area contributed by atoms with Crippen molar-refractivity contribution in [3.05, 3.63) is 0 Å². The highest BCUT2D eigenvalue weighted by Gasteiger charge is 2.04. The van der Waals surface area contributed by atoms with Gasteiger partial charge in [0.15, 0.2) is 0 Å². The fourth-order valence-electron chi connectivity index (χ4n) is 0.987. The van der Waals surface area contributed by atoms with Crippen molar-refractivity contribution in [1.29, 1.82) is 0 Å². The van der Waals surface area contributed by atoms with Crippen LogP contribution in [0, 0.1) is 0 Å². The summed E-state index contributed by atoms with van der Waals surface area (Å²) in [6, 6.07) is 0. The second-order valence-electron chi connectivity index (χ2n) is 2.93. The molecule has 0 aliphatic carbocycles. The van der Waals surface area contributed by atoms with E-state index in [1.165, 1.54) is 0 Å². The molecular weight excluding hydrogens is 224 g/mol. The molecule has 1 aromatic rings. The molecule has 0 saturated heterocycles. The molecule has 0 unspecified atom stereocenters. The molecule has 0 fully saturated rings. The lowest BCUT2D eigenvalue weighted by molar-refractivity contribution is 0.921. The zero-order chi connectivity index (χ0) is 12.5. The van der Waals surface area contributed by atoms with Gasteiger partial charge in [-0.3, -0.25) is 0 Å². The maximum absolute atomic E-state index is 5.36. The fraction of sp³-hybridized carbons (Fsp3) is 0.571. The van der Waals surface area contributed by atoms with E-state index in [0.717, 1.165) is 0 Å². The summed E-state index contributed by atoms with van der Waals surface area (Å²) in [6.07, 6.45) is 0. The minimum Gasteiger partial charge on any atom is -0.353 e. The van der Waals surface area contributed by atoms with Crippen molar-refractivity contribution in [2.75, 3.05) is 36.8 Å². The minimum absolute atomic E-state index is 0.113. The van der Waals surface area contributed by atoms with Gasteiger partial charge in [0.25, 0.3) is 5.95 Å². The molecule has 0 spiro atoms. The third-order valence-electron chi connectivity index (χ3n) is 1.63. The van der Waals surface area contributed by atoms with Gasteiger partial charge in [-0.05, 0) is 0 Å². The van der Waals surface area contributed by atoms with Gasteiger partial charge in [-0.1, -0.05) is 10.3 Å². The predicted molar refractivity (Wildman–Crippen MR) is 63.6 cm³/mol. The first-order valence-electron chi connectivity index (χ1n) is 5.05. The van der Waals surface area contributed by atoms with Crippen LogP contribution in [-0.4, -0.2) is 41.1 Å². The Kier molecular flexibility index (Phi) is 5.54. The Balaban J connectivity index is 2.84. The van der Waals surface area contributed by atoms with Crippen molar-refractivity contribution in [1.82, 2.24) is 15.0 Å². The molecule has 0 saturated carbocycles. The molecule has 17 heavy (non-hydrogen) atoms. The average Bonchev–Trinajstić information content (AvgIpc) is 2.34. The molecule has 0 aliphatic heterocycles. The molecule has 94 valence electrons. The molecule has 0 bridgehead atoms. The predicted octanol–water partition coefficient (Wildman–Crippen LogP) is -1.43. The van der Waals surface area contributed by atoms with E-state index in [4.69, 9.17) is 17.3 Å². The van der Waals surface area contributed by atoms with Crippen LogP contribution < -0.4 is 27.9 Å². The lowest BCUT2D eigenvalue weighted by Gasteiger charge is -2.06. The third-order valence-corrected chi connectivity index (χ3v) is 1.63. The van der Waals surface area contributed by atoms with Crippen molar-refractivity contribution in [3.8, 4) is 0 Å². The molecule has 0 radical (unpaired) electrons. The monoisotopic (exact) mass is 240 g/mol. The van der Waals surface area contributed by atoms with Gasteiger partial charge in [0.05, 0.1) is 0 Å². The highest BCUT2D eigenvalue weighted by molar-refractivity contribution is 5.39. The second-order valence-corrected chi connectivity index (χ2v) is 2.93. The summed E-state index contributed by atoms with van der Waals surface area (Å²) >= 11 is 0. The summed E-state index contributed by atoms with van der Waals surface area (Å²) in [5.41, 5.74) is 10.7. The Morgan fingerprint density at radius 1 is 0.941 bits per heavy atom. The molecule has 1 rings (SSSR count). The zero-order valence-corrected chi connectivity index (χ0v) is 9.30. The van der Waals surface area contributed by atoms with Gasteiger partial charge >= 0.3 is 0 Å². The summed E-state index contributed by atoms with van der Waals surface area (Å²) in [6.45, 7) is 2.01. The Labute approximate surface area is 98.1 Å². The maximum Gasteiger partial charge on any atom is 0.277 e. The number of nitrogens with one attached hydrogen (secondary N) is 2. The number of nitrogens with zero attached hydrogens (tertiary/aromatic N) is 5. The number of aromatic nitrogens is 3. The van der Waals surface area contributed by atoms with Crippen LogP contribution in [0.25, 0.3) is 0 Å². The zero-order valence-electron chi connectivity index (χ0n) is 9.30. The molecule has 10 heteroatoms. The van der Waals surface area contributed by atoms with E-state index < -0.39 is 0 Å². The minimum atomic E-state index is 0.113. The van der Waals surface area contributed by atoms with E-state index >= 15 is 0 Å². The van der Waals surface area contributed by atoms with Gasteiger partial charge in [0.1, 0.15) is 0 Å². The van der Waals surface area contributed by atoms with E-state index in [-0.39, 0.29) is 5.95 Å². The number of rotatable bonds is 7. The largest absolute Gasteiger partial charge is 0.353 e. The lowest BCUT2D eigenvalue weighted by atomic mass is 10.6. The van der Waals surface area contributed by atoms with Crippen molar-refractivity contribution < 1.29 is 0 Å². The van der Waals surface area contributed by atoms with Crippen molar-refractivity contribution >= 4 is 17.8 Å². The van der Waals surface area contributed by atoms with Gasteiger partial charge in [-0.25, -0.2) is 0 Å². The number of anilines is 2. The Hall–Kier alpha value is -2.07. The van der Waals surface area contributed by atoms with Crippen LogP contribution in [0.4, 0.5) is 17.8 Å². The van der Waals surface area contributed by atoms with Gasteiger partial charge in [0.2, 0.25) is 11.9 Å². The summed E-state index contributed by atoms with van der Waals surface area (Å²) in [7, 11) is 0. The second kappa shape index (κ2) is 7.24. The molecule has 0 aromatic carbocycles. The van der Waals surface area contributed by atoms with Crippen LogP contribution in [0.2, 0.25) is 0 Å². The van der Waals surface area contributed by atoms with Gasteiger partial charge in [0, 0.05) is 26.2 Å². The lowest BCUT2D eigenvalue weighted by Crippen LogP contribution is -2.18. The molecule has 0 amide bonds. The van der Waals surface area contributed by atoms with E-state index in [1.54, 1.807) is 0 Å². The van der Waals surface area contributed by atoms with Crippen molar-refractivity contribution in [2.24, 2.45) is 27.6 Å². The molecule has 1 aromatic heterocycles. The van der Waals surface area contributed by atoms with Gasteiger partial charge in [-0.15, -0.1) is 0 Å². The summed E-state index contributed by atoms with van der Waals surface area (Å²) in [4.78, 5) is 12.0. The fourth-order valence-corrected chi connectivity index (χ4v) is 0.987. The van der Waals surface area contributed by atoms with Crippen LogP contribution in [0.1, 0.15) is 0 Å². The SMILES string of the molecule is NCCNc1nc(N=NN)nc(NCCN)n1. The quantitative estimate of drug-likeness (QED) is 0.220. The molecule has 10 nitrogen and oxygen atoms in total. The van der Waals surface area contributed by atoms with Crippen LogP contribution in [0.15, 0.2) is 10.3 Å². The first-order chi connectivity index (χ1) is 8.30. The van der Waals surface area contributed by atoms with E-state index in [0.29, 0.717) is 38.1 Å². The van der Waals surface area contributed by atoms with Gasteiger partial charge < -0.3 is 27.9 Å². The first-order valence-corrected chi connectivity index (χ1v) is 5.05. The standard InChI is InChI=1S/C7H16N10/c8-1-3-11-5-13-6(12-4-2-9)15-7(14-5)16-17-10/h1-4,8-9H2,(H4,10,11,12,13,14,15,16). The van der Waals surface area contributed by atoms with Crippen LogP contribution in [0.3, 0.4) is 0 Å².